The maximum atomic E-state index is 12.1. The fourth-order valence-electron chi connectivity index (χ4n) is 2.25. The summed E-state index contributed by atoms with van der Waals surface area (Å²) in [6.07, 6.45) is 5.47. The number of aromatic nitrogens is 2. The first-order valence-electron chi connectivity index (χ1n) is 7.32. The molecule has 0 unspecified atom stereocenters. The number of likely N-dealkylation sites (tertiary alicyclic amines) is 1. The van der Waals surface area contributed by atoms with Crippen LogP contribution in [0.3, 0.4) is 0 Å². The fraction of sp³-hybridized carbons (Fsp3) is 0.667. The van der Waals surface area contributed by atoms with Gasteiger partial charge in [-0.1, -0.05) is 11.8 Å². The number of thioether (sulfide) groups is 1. The minimum atomic E-state index is -0.434. The number of nitrogens with zero attached hydrogens (tertiary/aromatic N) is 3. The number of ether oxygens (including phenoxy) is 1. The molecule has 1 aromatic rings. The van der Waals surface area contributed by atoms with Crippen LogP contribution in [0.25, 0.3) is 0 Å². The highest BCUT2D eigenvalue weighted by atomic mass is 32.2. The summed E-state index contributed by atoms with van der Waals surface area (Å²) in [4.78, 5) is 22.4. The van der Waals surface area contributed by atoms with Gasteiger partial charge in [-0.15, -0.1) is 0 Å². The molecule has 0 aliphatic carbocycles. The number of carbonyl (C=O) groups excluding carboxylic acids is 1. The first-order valence-corrected chi connectivity index (χ1v) is 8.30. The van der Waals surface area contributed by atoms with Crippen molar-refractivity contribution in [1.29, 1.82) is 0 Å². The van der Waals surface area contributed by atoms with Crippen molar-refractivity contribution in [3.63, 3.8) is 0 Å². The Bertz CT molecular complexity index is 462. The summed E-state index contributed by atoms with van der Waals surface area (Å²) in [6, 6.07) is 1.81. The van der Waals surface area contributed by atoms with Gasteiger partial charge in [0, 0.05) is 31.2 Å². The maximum Gasteiger partial charge on any atom is 0.410 e. The molecule has 0 saturated carbocycles. The number of amides is 1. The van der Waals surface area contributed by atoms with Crippen LogP contribution in [-0.4, -0.2) is 45.4 Å². The molecular weight excluding hydrogens is 286 g/mol. The summed E-state index contributed by atoms with van der Waals surface area (Å²) in [7, 11) is 0. The second-order valence-corrected chi connectivity index (χ2v) is 7.26. The van der Waals surface area contributed by atoms with Gasteiger partial charge in [-0.25, -0.2) is 14.8 Å². The molecule has 1 aliphatic rings. The lowest BCUT2D eigenvalue weighted by molar-refractivity contribution is 0.0177. The quantitative estimate of drug-likeness (QED) is 0.634. The Hall–Kier alpha value is -1.30. The Labute approximate surface area is 130 Å². The Kier molecular flexibility index (Phi) is 5.45. The number of piperidine rings is 1. The van der Waals surface area contributed by atoms with Gasteiger partial charge >= 0.3 is 6.09 Å². The Morgan fingerprint density at radius 3 is 2.81 bits per heavy atom. The molecule has 1 amide bonds. The van der Waals surface area contributed by atoms with Crippen LogP contribution in [0.5, 0.6) is 0 Å². The highest BCUT2D eigenvalue weighted by Gasteiger charge is 2.27. The monoisotopic (exact) mass is 309 g/mol. The van der Waals surface area contributed by atoms with E-state index in [0.717, 1.165) is 36.8 Å². The number of hydrogen-bond donors (Lipinski definition) is 0. The van der Waals surface area contributed by atoms with Gasteiger partial charge in [0.25, 0.3) is 0 Å². The second-order valence-electron chi connectivity index (χ2n) is 6.28. The van der Waals surface area contributed by atoms with E-state index in [4.69, 9.17) is 4.74 Å². The molecule has 1 aromatic heterocycles. The predicted molar refractivity (Wildman–Crippen MR) is 83.3 cm³/mol. The molecule has 116 valence electrons. The second kappa shape index (κ2) is 7.11. The van der Waals surface area contributed by atoms with Crippen LogP contribution in [0.4, 0.5) is 4.79 Å². The van der Waals surface area contributed by atoms with Crippen molar-refractivity contribution in [2.75, 3.05) is 18.8 Å². The van der Waals surface area contributed by atoms with Crippen molar-refractivity contribution in [1.82, 2.24) is 14.9 Å². The molecule has 1 saturated heterocycles. The van der Waals surface area contributed by atoms with Gasteiger partial charge in [0.15, 0.2) is 5.16 Å². The minimum Gasteiger partial charge on any atom is -0.444 e. The third-order valence-corrected chi connectivity index (χ3v) is 4.27. The minimum absolute atomic E-state index is 0.201. The predicted octanol–water partition coefficient (Wildman–Crippen LogP) is 3.22. The molecule has 1 fully saturated rings. The molecule has 1 aliphatic heterocycles. The van der Waals surface area contributed by atoms with Gasteiger partial charge in [-0.05, 0) is 45.6 Å². The highest BCUT2D eigenvalue weighted by Crippen LogP contribution is 2.24. The van der Waals surface area contributed by atoms with Crippen molar-refractivity contribution < 1.29 is 9.53 Å². The molecule has 2 rings (SSSR count). The van der Waals surface area contributed by atoms with E-state index in [1.165, 1.54) is 0 Å². The SMILES string of the molecule is CC(C)(C)OC(=O)N1CCC[C@H](CSc2ncccn2)C1. The molecular formula is C15H23N3O2S. The van der Waals surface area contributed by atoms with E-state index < -0.39 is 5.60 Å². The van der Waals surface area contributed by atoms with Gasteiger partial charge in [0.1, 0.15) is 5.60 Å². The van der Waals surface area contributed by atoms with E-state index in [9.17, 15) is 4.79 Å². The molecule has 0 radical (unpaired) electrons. The topological polar surface area (TPSA) is 55.3 Å². The van der Waals surface area contributed by atoms with E-state index in [2.05, 4.69) is 9.97 Å². The zero-order valence-electron chi connectivity index (χ0n) is 12.9. The summed E-state index contributed by atoms with van der Waals surface area (Å²) in [5.74, 6) is 1.41. The summed E-state index contributed by atoms with van der Waals surface area (Å²) in [6.45, 7) is 7.24. The largest absolute Gasteiger partial charge is 0.444 e. The van der Waals surface area contributed by atoms with Crippen LogP contribution in [0, 0.1) is 5.92 Å². The zero-order valence-corrected chi connectivity index (χ0v) is 13.7. The van der Waals surface area contributed by atoms with E-state index >= 15 is 0 Å². The van der Waals surface area contributed by atoms with Crippen LogP contribution in [-0.2, 0) is 4.74 Å². The van der Waals surface area contributed by atoms with E-state index in [-0.39, 0.29) is 6.09 Å². The highest BCUT2D eigenvalue weighted by molar-refractivity contribution is 7.99. The third-order valence-electron chi connectivity index (χ3n) is 3.16. The van der Waals surface area contributed by atoms with Crippen molar-refractivity contribution >= 4 is 17.9 Å². The van der Waals surface area contributed by atoms with Crippen molar-refractivity contribution in [2.45, 2.75) is 44.4 Å². The number of hydrogen-bond acceptors (Lipinski definition) is 5. The zero-order chi connectivity index (χ0) is 15.3. The average molecular weight is 309 g/mol. The van der Waals surface area contributed by atoms with Crippen LogP contribution >= 0.6 is 11.8 Å². The van der Waals surface area contributed by atoms with Crippen molar-refractivity contribution in [3.05, 3.63) is 18.5 Å². The summed E-state index contributed by atoms with van der Waals surface area (Å²) in [5, 5.41) is 0.798. The van der Waals surface area contributed by atoms with Gasteiger partial charge in [0.2, 0.25) is 0 Å². The van der Waals surface area contributed by atoms with Crippen molar-refractivity contribution in [2.24, 2.45) is 5.92 Å². The Balaban J connectivity index is 1.82. The Morgan fingerprint density at radius 1 is 1.43 bits per heavy atom. The van der Waals surface area contributed by atoms with Gasteiger partial charge in [0.05, 0.1) is 0 Å². The average Bonchev–Trinajstić information content (AvgIpc) is 2.45. The first-order chi connectivity index (χ1) is 9.94. The van der Waals surface area contributed by atoms with Crippen LogP contribution in [0.1, 0.15) is 33.6 Å². The molecule has 1 atom stereocenters. The van der Waals surface area contributed by atoms with Crippen molar-refractivity contribution in [3.8, 4) is 0 Å². The van der Waals surface area contributed by atoms with Gasteiger partial charge in [-0.3, -0.25) is 0 Å². The number of rotatable bonds is 3. The molecule has 0 aromatic carbocycles. The lowest BCUT2D eigenvalue weighted by atomic mass is 10.0. The molecule has 6 heteroatoms. The third kappa shape index (κ3) is 5.53. The van der Waals surface area contributed by atoms with E-state index in [1.54, 1.807) is 24.2 Å². The molecule has 0 N–H and O–H groups in total. The molecule has 2 heterocycles. The molecule has 0 spiro atoms. The summed E-state index contributed by atoms with van der Waals surface area (Å²) >= 11 is 1.65. The van der Waals surface area contributed by atoms with Crippen LogP contribution in [0.15, 0.2) is 23.6 Å². The first kappa shape index (κ1) is 16.1. The van der Waals surface area contributed by atoms with Gasteiger partial charge in [-0.2, -0.15) is 0 Å². The standard InChI is InChI=1S/C15H23N3O2S/c1-15(2,3)20-14(19)18-9-4-6-12(10-18)11-21-13-16-7-5-8-17-13/h5,7-8,12H,4,6,9-11H2,1-3H3/t12-/m0/s1. The van der Waals surface area contributed by atoms with E-state index in [0.29, 0.717) is 5.92 Å². The lowest BCUT2D eigenvalue weighted by Crippen LogP contribution is -2.43. The summed E-state index contributed by atoms with van der Waals surface area (Å²) in [5.41, 5.74) is -0.434. The number of carbonyl (C=O) groups is 1. The summed E-state index contributed by atoms with van der Waals surface area (Å²) < 4.78 is 5.44. The fourth-order valence-corrected chi connectivity index (χ4v) is 3.17. The molecule has 5 nitrogen and oxygen atoms in total. The smallest absolute Gasteiger partial charge is 0.410 e. The van der Waals surface area contributed by atoms with Crippen LogP contribution in [0.2, 0.25) is 0 Å². The lowest BCUT2D eigenvalue weighted by Gasteiger charge is -2.33. The van der Waals surface area contributed by atoms with Gasteiger partial charge < -0.3 is 9.64 Å². The van der Waals surface area contributed by atoms with Crippen LogP contribution < -0.4 is 0 Å². The Morgan fingerprint density at radius 2 is 2.14 bits per heavy atom. The maximum absolute atomic E-state index is 12.1. The normalized spacial score (nSPS) is 19.4. The molecule has 21 heavy (non-hydrogen) atoms. The molecule has 0 bridgehead atoms. The van der Waals surface area contributed by atoms with E-state index in [1.807, 2.05) is 31.7 Å².